The first kappa shape index (κ1) is 12.3. The minimum atomic E-state index is 0.483. The Kier molecular flexibility index (Phi) is 5.50. The molecule has 84 valence electrons. The summed E-state index contributed by atoms with van der Waals surface area (Å²) in [5.74, 6) is 1.10. The summed E-state index contributed by atoms with van der Waals surface area (Å²) in [5, 5.41) is 3.46. The lowest BCUT2D eigenvalue weighted by atomic mass is 10.1. The lowest BCUT2D eigenvalue weighted by molar-refractivity contribution is 0.573. The van der Waals surface area contributed by atoms with Gasteiger partial charge in [0.25, 0.3) is 0 Å². The summed E-state index contributed by atoms with van der Waals surface area (Å²) in [4.78, 5) is 4.10. The second-order valence-corrected chi connectivity index (χ2v) is 4.40. The third-order valence-corrected chi connectivity index (χ3v) is 3.00. The number of anilines is 1. The van der Waals surface area contributed by atoms with Gasteiger partial charge in [-0.2, -0.15) is 11.8 Å². The first-order valence-corrected chi connectivity index (χ1v) is 6.58. The molecule has 0 aromatic carbocycles. The van der Waals surface area contributed by atoms with Crippen molar-refractivity contribution in [2.24, 2.45) is 0 Å². The molecule has 3 nitrogen and oxygen atoms in total. The van der Waals surface area contributed by atoms with Crippen molar-refractivity contribution in [2.45, 2.75) is 19.4 Å². The molecule has 1 unspecified atom stereocenters. The van der Waals surface area contributed by atoms with Gasteiger partial charge in [0, 0.05) is 29.9 Å². The summed E-state index contributed by atoms with van der Waals surface area (Å²) in [6.07, 6.45) is 6.67. The minimum Gasteiger partial charge on any atom is -0.398 e. The Bertz CT molecular complexity index is 285. The number of pyridine rings is 1. The van der Waals surface area contributed by atoms with E-state index < -0.39 is 0 Å². The zero-order valence-corrected chi connectivity index (χ0v) is 10.2. The van der Waals surface area contributed by atoms with Crippen LogP contribution in [0, 0.1) is 0 Å². The Balaban J connectivity index is 2.60. The highest BCUT2D eigenvalue weighted by Crippen LogP contribution is 2.12. The van der Waals surface area contributed by atoms with E-state index in [0.29, 0.717) is 6.04 Å². The number of nitrogen functional groups attached to an aromatic ring is 1. The summed E-state index contributed by atoms with van der Waals surface area (Å²) in [7, 11) is 0. The van der Waals surface area contributed by atoms with Crippen molar-refractivity contribution in [1.29, 1.82) is 0 Å². The molecule has 1 heterocycles. The number of rotatable bonds is 6. The monoisotopic (exact) mass is 225 g/mol. The molecule has 0 aliphatic rings. The highest BCUT2D eigenvalue weighted by atomic mass is 32.2. The molecule has 1 rings (SSSR count). The predicted molar refractivity (Wildman–Crippen MR) is 68.2 cm³/mol. The van der Waals surface area contributed by atoms with Crippen LogP contribution < -0.4 is 11.1 Å². The smallest absolute Gasteiger partial charge is 0.0378 e. The topological polar surface area (TPSA) is 50.9 Å². The highest BCUT2D eigenvalue weighted by Gasteiger charge is 2.09. The van der Waals surface area contributed by atoms with E-state index in [9.17, 15) is 0 Å². The molecule has 0 aliphatic carbocycles. The maximum absolute atomic E-state index is 5.89. The predicted octanol–water partition coefficient (Wildman–Crippen LogP) is 1.55. The van der Waals surface area contributed by atoms with Gasteiger partial charge in [0.15, 0.2) is 0 Å². The molecule has 0 aliphatic heterocycles. The Labute approximate surface area is 95.9 Å². The summed E-state index contributed by atoms with van der Waals surface area (Å²) < 4.78 is 0. The average molecular weight is 225 g/mol. The fraction of sp³-hybridized carbons (Fsp3) is 0.545. The van der Waals surface area contributed by atoms with E-state index in [1.54, 1.807) is 6.20 Å². The largest absolute Gasteiger partial charge is 0.398 e. The molecule has 1 aromatic rings. The molecule has 0 amide bonds. The number of likely N-dealkylation sites (N-methyl/N-ethyl adjacent to an activating group) is 1. The van der Waals surface area contributed by atoms with Gasteiger partial charge in [0.1, 0.15) is 0 Å². The van der Waals surface area contributed by atoms with Gasteiger partial charge in [0.2, 0.25) is 0 Å². The zero-order valence-electron chi connectivity index (χ0n) is 9.36. The number of nitrogens with one attached hydrogen (secondary N) is 1. The molecule has 0 saturated heterocycles. The number of nitrogens with zero attached hydrogens (tertiary/aromatic N) is 1. The van der Waals surface area contributed by atoms with Gasteiger partial charge in [0.05, 0.1) is 0 Å². The Morgan fingerprint density at radius 1 is 1.60 bits per heavy atom. The highest BCUT2D eigenvalue weighted by molar-refractivity contribution is 7.98. The lowest BCUT2D eigenvalue weighted by Gasteiger charge is -2.17. The molecule has 4 heteroatoms. The number of aromatic nitrogens is 1. The normalized spacial score (nSPS) is 12.7. The molecule has 3 N–H and O–H groups in total. The maximum Gasteiger partial charge on any atom is 0.0378 e. The van der Waals surface area contributed by atoms with Gasteiger partial charge in [-0.05, 0) is 30.9 Å². The number of hydrogen-bond acceptors (Lipinski definition) is 4. The molecule has 0 bridgehead atoms. The molecule has 0 radical (unpaired) electrons. The van der Waals surface area contributed by atoms with Crippen LogP contribution >= 0.6 is 11.8 Å². The first-order valence-electron chi connectivity index (χ1n) is 5.18. The average Bonchev–Trinajstić information content (AvgIpc) is 2.22. The molecular formula is C11H19N3S. The van der Waals surface area contributed by atoms with Crippen LogP contribution in [0.3, 0.4) is 0 Å². The van der Waals surface area contributed by atoms with E-state index >= 15 is 0 Å². The van der Waals surface area contributed by atoms with Crippen LogP contribution in [-0.4, -0.2) is 29.6 Å². The number of nitrogens with two attached hydrogens (primary N) is 1. The van der Waals surface area contributed by atoms with Crippen LogP contribution in [0.1, 0.15) is 12.5 Å². The standard InChI is InChI=1S/C11H19N3S/c1-3-14-10(8-15-2)6-9-7-13-5-4-11(9)12/h4-5,7,10,14H,3,6,8H2,1-2H3,(H2,12,13). The second-order valence-electron chi connectivity index (χ2n) is 3.49. The fourth-order valence-electron chi connectivity index (χ4n) is 1.55. The SMILES string of the molecule is CCNC(CSC)Cc1cnccc1N. The van der Waals surface area contributed by atoms with Gasteiger partial charge in [-0.1, -0.05) is 6.92 Å². The van der Waals surface area contributed by atoms with E-state index in [2.05, 4.69) is 23.5 Å². The Hall–Kier alpha value is -0.740. The van der Waals surface area contributed by atoms with Crippen LogP contribution in [-0.2, 0) is 6.42 Å². The minimum absolute atomic E-state index is 0.483. The molecule has 1 aromatic heterocycles. The molecule has 1 atom stereocenters. The van der Waals surface area contributed by atoms with Crippen molar-refractivity contribution >= 4 is 17.4 Å². The zero-order chi connectivity index (χ0) is 11.1. The number of hydrogen-bond donors (Lipinski definition) is 2. The molecule has 0 spiro atoms. The van der Waals surface area contributed by atoms with Crippen LogP contribution in [0.2, 0.25) is 0 Å². The van der Waals surface area contributed by atoms with Gasteiger partial charge in [-0.3, -0.25) is 4.98 Å². The second kappa shape index (κ2) is 6.69. The third-order valence-electron chi connectivity index (χ3n) is 2.27. The van der Waals surface area contributed by atoms with Gasteiger partial charge in [-0.25, -0.2) is 0 Å². The van der Waals surface area contributed by atoms with E-state index in [1.807, 2.05) is 24.0 Å². The van der Waals surface area contributed by atoms with Crippen LogP contribution in [0.4, 0.5) is 5.69 Å². The first-order chi connectivity index (χ1) is 7.27. The third kappa shape index (κ3) is 4.10. The molecule has 15 heavy (non-hydrogen) atoms. The van der Waals surface area contributed by atoms with Crippen LogP contribution in [0.5, 0.6) is 0 Å². The molecule has 0 fully saturated rings. The van der Waals surface area contributed by atoms with Gasteiger partial charge >= 0.3 is 0 Å². The summed E-state index contributed by atoms with van der Waals surface area (Å²) >= 11 is 1.85. The van der Waals surface area contributed by atoms with Crippen LogP contribution in [0.15, 0.2) is 18.5 Å². The quantitative estimate of drug-likeness (QED) is 0.771. The Morgan fingerprint density at radius 2 is 2.40 bits per heavy atom. The fourth-order valence-corrected chi connectivity index (χ4v) is 2.19. The van der Waals surface area contributed by atoms with Crippen molar-refractivity contribution in [3.63, 3.8) is 0 Å². The van der Waals surface area contributed by atoms with Gasteiger partial charge in [-0.15, -0.1) is 0 Å². The van der Waals surface area contributed by atoms with Crippen molar-refractivity contribution < 1.29 is 0 Å². The molecular weight excluding hydrogens is 206 g/mol. The van der Waals surface area contributed by atoms with E-state index in [4.69, 9.17) is 5.73 Å². The van der Waals surface area contributed by atoms with E-state index in [1.165, 1.54) is 0 Å². The lowest BCUT2D eigenvalue weighted by Crippen LogP contribution is -2.33. The Morgan fingerprint density at radius 3 is 3.00 bits per heavy atom. The van der Waals surface area contributed by atoms with E-state index in [0.717, 1.165) is 30.0 Å². The summed E-state index contributed by atoms with van der Waals surface area (Å²) in [6, 6.07) is 2.34. The maximum atomic E-state index is 5.89. The van der Waals surface area contributed by atoms with Crippen molar-refractivity contribution in [3.05, 3.63) is 24.0 Å². The van der Waals surface area contributed by atoms with Crippen molar-refractivity contribution in [1.82, 2.24) is 10.3 Å². The van der Waals surface area contributed by atoms with Crippen LogP contribution in [0.25, 0.3) is 0 Å². The summed E-state index contributed by atoms with van der Waals surface area (Å²) in [5.41, 5.74) is 7.86. The number of thioether (sulfide) groups is 1. The van der Waals surface area contributed by atoms with Gasteiger partial charge < -0.3 is 11.1 Å². The summed E-state index contributed by atoms with van der Waals surface area (Å²) in [6.45, 7) is 3.12. The van der Waals surface area contributed by atoms with Crippen molar-refractivity contribution in [2.75, 3.05) is 24.3 Å². The molecule has 0 saturated carbocycles. The van der Waals surface area contributed by atoms with Crippen molar-refractivity contribution in [3.8, 4) is 0 Å². The van der Waals surface area contributed by atoms with E-state index in [-0.39, 0.29) is 0 Å².